The molecule has 9 nitrogen and oxygen atoms in total. The predicted octanol–water partition coefficient (Wildman–Crippen LogP) is 4.74. The normalized spacial score (nSPS) is 14.1. The summed E-state index contributed by atoms with van der Waals surface area (Å²) in [7, 11) is 3.43. The van der Waals surface area contributed by atoms with Crippen molar-refractivity contribution in [2.75, 3.05) is 49.3 Å². The third-order valence-corrected chi connectivity index (χ3v) is 7.04. The number of aromatic amines is 1. The van der Waals surface area contributed by atoms with Gasteiger partial charge in [-0.15, -0.1) is 0 Å². The van der Waals surface area contributed by atoms with E-state index in [4.69, 9.17) is 16.6 Å². The smallest absolute Gasteiger partial charge is 0.255 e. The molecule has 5 rings (SSSR count). The number of thioether (sulfide) groups is 1. The van der Waals surface area contributed by atoms with Crippen LogP contribution >= 0.6 is 23.4 Å². The first kappa shape index (κ1) is 24.4. The largest absolute Gasteiger partial charge is 0.345 e. The molecule has 3 N–H and O–H groups in total. The SMILES string of the molecule is CN(C)C(=O)c1ccccc1Nc1nc(Nc2ccc3nc(CN4CCSCC4)[nH]c3c2)ncc1Cl. The zero-order chi connectivity index (χ0) is 25.1. The molecule has 36 heavy (non-hydrogen) atoms. The van der Waals surface area contributed by atoms with Gasteiger partial charge < -0.3 is 20.5 Å². The molecule has 1 aliphatic rings. The van der Waals surface area contributed by atoms with E-state index in [1.807, 2.05) is 48.2 Å². The molecule has 0 radical (unpaired) electrons. The lowest BCUT2D eigenvalue weighted by molar-refractivity contribution is 0.0828. The molecule has 1 fully saturated rings. The summed E-state index contributed by atoms with van der Waals surface area (Å²) in [4.78, 5) is 33.6. The van der Waals surface area contributed by atoms with E-state index in [9.17, 15) is 4.79 Å². The topological polar surface area (TPSA) is 102 Å². The first-order valence-corrected chi connectivity index (χ1v) is 13.2. The summed E-state index contributed by atoms with van der Waals surface area (Å²) < 4.78 is 0. The Bertz CT molecular complexity index is 1390. The summed E-state index contributed by atoms with van der Waals surface area (Å²) in [6.07, 6.45) is 1.53. The van der Waals surface area contributed by atoms with Crippen LogP contribution in [0.25, 0.3) is 11.0 Å². The van der Waals surface area contributed by atoms with Crippen LogP contribution in [0.2, 0.25) is 5.02 Å². The van der Waals surface area contributed by atoms with Crippen molar-refractivity contribution >= 4 is 63.4 Å². The molecule has 0 bridgehead atoms. The minimum Gasteiger partial charge on any atom is -0.345 e. The third-order valence-electron chi connectivity index (χ3n) is 5.82. The fourth-order valence-electron chi connectivity index (χ4n) is 3.98. The number of nitrogens with one attached hydrogen (secondary N) is 3. The van der Waals surface area contributed by atoms with E-state index in [1.54, 1.807) is 20.2 Å². The summed E-state index contributed by atoms with van der Waals surface area (Å²) in [6.45, 7) is 3.00. The van der Waals surface area contributed by atoms with E-state index in [1.165, 1.54) is 22.6 Å². The number of aromatic nitrogens is 4. The molecular formula is C25H27ClN8OS. The average Bonchev–Trinajstić information content (AvgIpc) is 3.28. The number of amides is 1. The molecule has 0 aliphatic carbocycles. The van der Waals surface area contributed by atoms with Crippen LogP contribution in [0.3, 0.4) is 0 Å². The molecule has 0 spiro atoms. The van der Waals surface area contributed by atoms with Crippen molar-refractivity contribution in [1.82, 2.24) is 29.7 Å². The molecule has 0 saturated carbocycles. The van der Waals surface area contributed by atoms with Gasteiger partial charge in [0, 0.05) is 44.4 Å². The number of fused-ring (bicyclic) bond motifs is 1. The van der Waals surface area contributed by atoms with Gasteiger partial charge in [-0.25, -0.2) is 9.97 Å². The highest BCUT2D eigenvalue weighted by Gasteiger charge is 2.16. The van der Waals surface area contributed by atoms with Crippen molar-refractivity contribution in [1.29, 1.82) is 0 Å². The van der Waals surface area contributed by atoms with Gasteiger partial charge in [0.1, 0.15) is 10.8 Å². The second-order valence-corrected chi connectivity index (χ2v) is 10.3. The van der Waals surface area contributed by atoms with Crippen molar-refractivity contribution in [3.8, 4) is 0 Å². The number of nitrogens with zero attached hydrogens (tertiary/aromatic N) is 5. The molecule has 11 heteroatoms. The van der Waals surface area contributed by atoms with Crippen molar-refractivity contribution in [3.05, 3.63) is 65.1 Å². The Morgan fingerprint density at radius 2 is 1.94 bits per heavy atom. The minimum absolute atomic E-state index is 0.118. The number of rotatable bonds is 7. The number of carbonyl (C=O) groups excluding carboxylic acids is 1. The Morgan fingerprint density at radius 1 is 1.14 bits per heavy atom. The van der Waals surface area contributed by atoms with Gasteiger partial charge in [0.05, 0.1) is 35.0 Å². The van der Waals surface area contributed by atoms with Crippen LogP contribution in [0.4, 0.5) is 23.1 Å². The van der Waals surface area contributed by atoms with Gasteiger partial charge >= 0.3 is 0 Å². The Morgan fingerprint density at radius 3 is 2.75 bits per heavy atom. The summed E-state index contributed by atoms with van der Waals surface area (Å²) in [6, 6.07) is 13.2. The minimum atomic E-state index is -0.118. The highest BCUT2D eigenvalue weighted by molar-refractivity contribution is 7.99. The standard InChI is InChI=1S/C25H27ClN8OS/c1-33(2)24(35)17-5-3-4-6-19(17)31-23-18(26)14-27-25(32-23)28-16-7-8-20-21(13-16)30-22(29-20)15-34-9-11-36-12-10-34/h3-8,13-14H,9-12,15H2,1-2H3,(H,29,30)(H2,27,28,31,32). The molecule has 2 aromatic carbocycles. The maximum atomic E-state index is 12.6. The van der Waals surface area contributed by atoms with Crippen molar-refractivity contribution in [2.24, 2.45) is 0 Å². The predicted molar refractivity (Wildman–Crippen MR) is 147 cm³/mol. The molecule has 1 amide bonds. The lowest BCUT2D eigenvalue weighted by Gasteiger charge is -2.24. The fourth-order valence-corrected chi connectivity index (χ4v) is 5.09. The molecular weight excluding hydrogens is 496 g/mol. The number of para-hydroxylation sites is 1. The molecule has 0 atom stereocenters. The lowest BCUT2D eigenvalue weighted by Crippen LogP contribution is -2.32. The monoisotopic (exact) mass is 522 g/mol. The Hall–Kier alpha value is -3.34. The van der Waals surface area contributed by atoms with Crippen LogP contribution in [0.15, 0.2) is 48.7 Å². The molecule has 3 heterocycles. The quantitative estimate of drug-likeness (QED) is 0.320. The second-order valence-electron chi connectivity index (χ2n) is 8.69. The molecule has 2 aromatic heterocycles. The number of H-pyrrole nitrogens is 1. The maximum absolute atomic E-state index is 12.6. The molecule has 4 aromatic rings. The van der Waals surface area contributed by atoms with Crippen molar-refractivity contribution in [2.45, 2.75) is 6.54 Å². The van der Waals surface area contributed by atoms with Gasteiger partial charge in [0.25, 0.3) is 5.91 Å². The van der Waals surface area contributed by atoms with Gasteiger partial charge in [0.15, 0.2) is 5.82 Å². The molecule has 186 valence electrons. The Kier molecular flexibility index (Phi) is 7.26. The van der Waals surface area contributed by atoms with Crippen molar-refractivity contribution in [3.63, 3.8) is 0 Å². The van der Waals surface area contributed by atoms with Crippen molar-refractivity contribution < 1.29 is 4.79 Å². The maximum Gasteiger partial charge on any atom is 0.255 e. The van der Waals surface area contributed by atoms with E-state index < -0.39 is 0 Å². The summed E-state index contributed by atoms with van der Waals surface area (Å²) >= 11 is 8.38. The van der Waals surface area contributed by atoms with Crippen LogP contribution in [-0.2, 0) is 6.54 Å². The highest BCUT2D eigenvalue weighted by Crippen LogP contribution is 2.28. The number of halogens is 1. The number of hydrogen-bond acceptors (Lipinski definition) is 8. The first-order chi connectivity index (χ1) is 17.5. The van der Waals surface area contributed by atoms with Gasteiger partial charge in [-0.05, 0) is 30.3 Å². The van der Waals surface area contributed by atoms with E-state index in [-0.39, 0.29) is 5.91 Å². The first-order valence-electron chi connectivity index (χ1n) is 11.6. The van der Waals surface area contributed by atoms with Crippen LogP contribution in [0, 0.1) is 0 Å². The summed E-state index contributed by atoms with van der Waals surface area (Å²) in [5, 5.41) is 6.77. The Balaban J connectivity index is 1.34. The fraction of sp³-hybridized carbons (Fsp3) is 0.280. The second kappa shape index (κ2) is 10.7. The van der Waals surface area contributed by atoms with Gasteiger partial charge in [-0.3, -0.25) is 9.69 Å². The lowest BCUT2D eigenvalue weighted by atomic mass is 10.1. The van der Waals surface area contributed by atoms with E-state index in [2.05, 4.69) is 30.5 Å². The summed E-state index contributed by atoms with van der Waals surface area (Å²) in [5.74, 6) is 3.97. The van der Waals surface area contributed by atoms with Crippen LogP contribution in [-0.4, -0.2) is 74.3 Å². The molecule has 1 saturated heterocycles. The zero-order valence-electron chi connectivity index (χ0n) is 20.1. The van der Waals surface area contributed by atoms with Crippen LogP contribution in [0.1, 0.15) is 16.2 Å². The van der Waals surface area contributed by atoms with Crippen LogP contribution < -0.4 is 10.6 Å². The number of anilines is 4. The molecule has 1 aliphatic heterocycles. The number of benzene rings is 2. The van der Waals surface area contributed by atoms with Gasteiger partial charge in [-0.2, -0.15) is 16.7 Å². The van der Waals surface area contributed by atoms with Gasteiger partial charge in [0.2, 0.25) is 5.95 Å². The number of imidazole rings is 1. The van der Waals surface area contributed by atoms with Gasteiger partial charge in [-0.1, -0.05) is 23.7 Å². The van der Waals surface area contributed by atoms with Crippen LogP contribution in [0.5, 0.6) is 0 Å². The Labute approximate surface area is 218 Å². The third kappa shape index (κ3) is 5.56. The van der Waals surface area contributed by atoms with E-state index in [0.717, 1.165) is 42.2 Å². The average molecular weight is 523 g/mol. The van der Waals surface area contributed by atoms with E-state index in [0.29, 0.717) is 28.0 Å². The molecule has 0 unspecified atom stereocenters. The van der Waals surface area contributed by atoms with E-state index >= 15 is 0 Å². The number of hydrogen-bond donors (Lipinski definition) is 3. The zero-order valence-corrected chi connectivity index (χ0v) is 21.7. The summed E-state index contributed by atoms with van der Waals surface area (Å²) in [5.41, 5.74) is 3.83. The number of carbonyl (C=O) groups is 1. The highest BCUT2D eigenvalue weighted by atomic mass is 35.5.